The van der Waals surface area contributed by atoms with Gasteiger partial charge in [-0.15, -0.1) is 0 Å². The van der Waals surface area contributed by atoms with Gasteiger partial charge in [0.1, 0.15) is 0 Å². The fourth-order valence-electron chi connectivity index (χ4n) is 3.77. The van der Waals surface area contributed by atoms with Crippen LogP contribution in [-0.2, 0) is 0 Å². The molecule has 0 spiro atoms. The van der Waals surface area contributed by atoms with E-state index in [0.29, 0.717) is 12.5 Å². The summed E-state index contributed by atoms with van der Waals surface area (Å²) in [5, 5.41) is 2.85. The second-order valence-electron chi connectivity index (χ2n) is 6.76. The third-order valence-corrected chi connectivity index (χ3v) is 5.22. The molecule has 1 aromatic carbocycles. The highest BCUT2D eigenvalue weighted by molar-refractivity contribution is 5.94. The van der Waals surface area contributed by atoms with Gasteiger partial charge in [-0.3, -0.25) is 4.79 Å². The van der Waals surface area contributed by atoms with Gasteiger partial charge in [0.05, 0.1) is 0 Å². The fourth-order valence-corrected chi connectivity index (χ4v) is 3.77. The van der Waals surface area contributed by atoms with Crippen LogP contribution in [0.3, 0.4) is 0 Å². The third-order valence-electron chi connectivity index (χ3n) is 5.22. The lowest BCUT2D eigenvalue weighted by Gasteiger charge is -2.36. The first-order chi connectivity index (χ1) is 11.1. The molecule has 3 rings (SSSR count). The molecule has 0 unspecified atom stereocenters. The van der Waals surface area contributed by atoms with Crippen LogP contribution >= 0.6 is 0 Å². The van der Waals surface area contributed by atoms with Crippen molar-refractivity contribution in [3.63, 3.8) is 0 Å². The maximum absolute atomic E-state index is 13.2. The van der Waals surface area contributed by atoms with Crippen LogP contribution in [0.2, 0.25) is 0 Å². The van der Waals surface area contributed by atoms with E-state index >= 15 is 0 Å². The monoisotopic (exact) mass is 322 g/mol. The minimum Gasteiger partial charge on any atom is -0.352 e. The molecule has 1 aliphatic carbocycles. The number of rotatable bonds is 4. The van der Waals surface area contributed by atoms with E-state index in [1.54, 1.807) is 0 Å². The average molecular weight is 322 g/mol. The first-order valence-electron chi connectivity index (χ1n) is 8.61. The molecule has 0 atom stereocenters. The van der Waals surface area contributed by atoms with E-state index in [0.717, 1.165) is 44.1 Å². The highest BCUT2D eigenvalue weighted by Gasteiger charge is 2.27. The Labute approximate surface area is 136 Å². The molecule has 0 bridgehead atoms. The normalized spacial score (nSPS) is 20.8. The van der Waals surface area contributed by atoms with Gasteiger partial charge in [-0.2, -0.15) is 0 Å². The van der Waals surface area contributed by atoms with Crippen molar-refractivity contribution in [2.45, 2.75) is 44.6 Å². The number of amides is 1. The molecular weight excluding hydrogens is 298 g/mol. The van der Waals surface area contributed by atoms with Crippen LogP contribution < -0.4 is 5.32 Å². The Balaban J connectivity index is 1.44. The second-order valence-corrected chi connectivity index (χ2v) is 6.76. The summed E-state index contributed by atoms with van der Waals surface area (Å²) in [5.41, 5.74) is 0.173. The molecule has 1 aromatic rings. The SMILES string of the molecule is O=C(NCC1CCN(C2CCCC2)CC1)c1ccc(F)c(F)c1. The van der Waals surface area contributed by atoms with Gasteiger partial charge >= 0.3 is 0 Å². The van der Waals surface area contributed by atoms with Crippen molar-refractivity contribution in [2.24, 2.45) is 5.92 Å². The van der Waals surface area contributed by atoms with Crippen LogP contribution in [0.15, 0.2) is 18.2 Å². The van der Waals surface area contributed by atoms with Crippen molar-refractivity contribution < 1.29 is 13.6 Å². The minimum absolute atomic E-state index is 0.173. The number of likely N-dealkylation sites (tertiary alicyclic amines) is 1. The van der Waals surface area contributed by atoms with E-state index in [4.69, 9.17) is 0 Å². The molecule has 5 heteroatoms. The predicted molar refractivity (Wildman–Crippen MR) is 85.2 cm³/mol. The van der Waals surface area contributed by atoms with Crippen molar-refractivity contribution in [3.8, 4) is 0 Å². The van der Waals surface area contributed by atoms with Crippen LogP contribution in [0, 0.1) is 17.6 Å². The number of halogens is 2. The van der Waals surface area contributed by atoms with Gasteiger partial charge in [-0.1, -0.05) is 12.8 Å². The molecule has 23 heavy (non-hydrogen) atoms. The molecule has 1 N–H and O–H groups in total. The van der Waals surface area contributed by atoms with E-state index in [1.165, 1.54) is 31.7 Å². The summed E-state index contributed by atoms with van der Waals surface area (Å²) in [6.45, 7) is 2.82. The van der Waals surface area contributed by atoms with E-state index in [1.807, 2.05) is 0 Å². The van der Waals surface area contributed by atoms with Crippen molar-refractivity contribution >= 4 is 5.91 Å². The number of piperidine rings is 1. The molecule has 1 saturated heterocycles. The van der Waals surface area contributed by atoms with Gasteiger partial charge in [0, 0.05) is 18.2 Å². The Morgan fingerprint density at radius 3 is 2.43 bits per heavy atom. The lowest BCUT2D eigenvalue weighted by molar-refractivity contribution is 0.0924. The van der Waals surface area contributed by atoms with Gasteiger partial charge in [-0.25, -0.2) is 8.78 Å². The summed E-state index contributed by atoms with van der Waals surface area (Å²) in [5.74, 6) is -1.77. The van der Waals surface area contributed by atoms with Crippen LogP contribution in [0.25, 0.3) is 0 Å². The Morgan fingerprint density at radius 1 is 1.09 bits per heavy atom. The van der Waals surface area contributed by atoms with E-state index in [-0.39, 0.29) is 11.5 Å². The first-order valence-corrected chi connectivity index (χ1v) is 8.61. The highest BCUT2D eigenvalue weighted by atomic mass is 19.2. The molecule has 1 saturated carbocycles. The average Bonchev–Trinajstić information content (AvgIpc) is 3.10. The standard InChI is InChI=1S/C18H24F2N2O/c19-16-6-5-14(11-17(16)20)18(23)21-12-13-7-9-22(10-8-13)15-3-1-2-4-15/h5-6,11,13,15H,1-4,7-10,12H2,(H,21,23). The van der Waals surface area contributed by atoms with Gasteiger partial charge in [0.2, 0.25) is 0 Å². The number of hydrogen-bond acceptors (Lipinski definition) is 2. The number of nitrogens with zero attached hydrogens (tertiary/aromatic N) is 1. The molecule has 1 amide bonds. The summed E-state index contributed by atoms with van der Waals surface area (Å²) in [6, 6.07) is 4.03. The van der Waals surface area contributed by atoms with E-state index in [2.05, 4.69) is 10.2 Å². The summed E-state index contributed by atoms with van der Waals surface area (Å²) in [6.07, 6.45) is 7.56. The Hall–Kier alpha value is -1.49. The van der Waals surface area contributed by atoms with Crippen molar-refractivity contribution in [1.29, 1.82) is 0 Å². The largest absolute Gasteiger partial charge is 0.352 e. The Bertz CT molecular complexity index is 550. The fraction of sp³-hybridized carbons (Fsp3) is 0.611. The van der Waals surface area contributed by atoms with Crippen LogP contribution in [0.1, 0.15) is 48.9 Å². The molecule has 0 aromatic heterocycles. The zero-order chi connectivity index (χ0) is 16.2. The molecule has 126 valence electrons. The van der Waals surface area contributed by atoms with Crippen molar-refractivity contribution in [2.75, 3.05) is 19.6 Å². The topological polar surface area (TPSA) is 32.3 Å². The summed E-state index contributed by atoms with van der Waals surface area (Å²) in [7, 11) is 0. The number of benzene rings is 1. The van der Waals surface area contributed by atoms with Crippen molar-refractivity contribution in [1.82, 2.24) is 10.2 Å². The quantitative estimate of drug-likeness (QED) is 0.922. The second kappa shape index (κ2) is 7.39. The summed E-state index contributed by atoms with van der Waals surface area (Å²) in [4.78, 5) is 14.6. The zero-order valence-corrected chi connectivity index (χ0v) is 13.4. The Kier molecular flexibility index (Phi) is 5.26. The molecule has 2 fully saturated rings. The maximum Gasteiger partial charge on any atom is 0.251 e. The van der Waals surface area contributed by atoms with Crippen LogP contribution in [0.4, 0.5) is 8.78 Å². The molecule has 0 radical (unpaired) electrons. The van der Waals surface area contributed by atoms with Gasteiger partial charge in [-0.05, 0) is 62.9 Å². The minimum atomic E-state index is -0.984. The highest BCUT2D eigenvalue weighted by Crippen LogP contribution is 2.27. The number of carbonyl (C=O) groups is 1. The Morgan fingerprint density at radius 2 is 1.78 bits per heavy atom. The molecule has 1 aliphatic heterocycles. The maximum atomic E-state index is 13.2. The van der Waals surface area contributed by atoms with Gasteiger partial charge in [0.25, 0.3) is 5.91 Å². The summed E-state index contributed by atoms with van der Waals surface area (Å²) >= 11 is 0. The summed E-state index contributed by atoms with van der Waals surface area (Å²) < 4.78 is 26.1. The van der Waals surface area contributed by atoms with Gasteiger partial charge < -0.3 is 10.2 Å². The molecular formula is C18H24F2N2O. The molecule has 1 heterocycles. The third kappa shape index (κ3) is 4.08. The van der Waals surface area contributed by atoms with E-state index in [9.17, 15) is 13.6 Å². The van der Waals surface area contributed by atoms with E-state index < -0.39 is 11.6 Å². The molecule has 2 aliphatic rings. The smallest absolute Gasteiger partial charge is 0.251 e. The number of carbonyl (C=O) groups excluding carboxylic acids is 1. The predicted octanol–water partition coefficient (Wildman–Crippen LogP) is 3.35. The van der Waals surface area contributed by atoms with Crippen LogP contribution in [0.5, 0.6) is 0 Å². The first kappa shape index (κ1) is 16.4. The van der Waals surface area contributed by atoms with Crippen molar-refractivity contribution in [3.05, 3.63) is 35.4 Å². The molecule has 3 nitrogen and oxygen atoms in total. The lowest BCUT2D eigenvalue weighted by Crippen LogP contribution is -2.42. The number of nitrogens with one attached hydrogen (secondary N) is 1. The van der Waals surface area contributed by atoms with Gasteiger partial charge in [0.15, 0.2) is 11.6 Å². The zero-order valence-electron chi connectivity index (χ0n) is 13.4. The lowest BCUT2D eigenvalue weighted by atomic mass is 9.95. The van der Waals surface area contributed by atoms with Crippen LogP contribution in [-0.4, -0.2) is 36.5 Å². The number of hydrogen-bond donors (Lipinski definition) is 1.